The van der Waals surface area contributed by atoms with Gasteiger partial charge >= 0.3 is 0 Å². The minimum atomic E-state index is -0.587. The van der Waals surface area contributed by atoms with Gasteiger partial charge in [-0.15, -0.1) is 0 Å². The van der Waals surface area contributed by atoms with Gasteiger partial charge in [0, 0.05) is 12.2 Å². The van der Waals surface area contributed by atoms with Crippen LogP contribution in [0.2, 0.25) is 0 Å². The van der Waals surface area contributed by atoms with E-state index in [1.807, 2.05) is 6.07 Å². The molecule has 0 amide bonds. The first-order chi connectivity index (χ1) is 9.62. The molecule has 0 radical (unpaired) electrons. The van der Waals surface area contributed by atoms with Gasteiger partial charge in [0.15, 0.2) is 0 Å². The van der Waals surface area contributed by atoms with Gasteiger partial charge in [0.05, 0.1) is 17.2 Å². The van der Waals surface area contributed by atoms with Gasteiger partial charge in [0.25, 0.3) is 0 Å². The number of anilines is 1. The summed E-state index contributed by atoms with van der Waals surface area (Å²) in [6.07, 6.45) is 0. The molecule has 0 saturated carbocycles. The number of nitrogens with zero attached hydrogens (tertiary/aromatic N) is 2. The molecule has 3 nitrogen and oxygen atoms in total. The summed E-state index contributed by atoms with van der Waals surface area (Å²) in [6.45, 7) is 0.267. The molecule has 0 aliphatic carbocycles. The second-order valence-electron chi connectivity index (χ2n) is 4.12. The molecule has 2 aromatic carbocycles. The van der Waals surface area contributed by atoms with Crippen LogP contribution in [0.4, 0.5) is 14.5 Å². The Morgan fingerprint density at radius 3 is 2.50 bits per heavy atom. The average molecular weight is 269 g/mol. The van der Waals surface area contributed by atoms with E-state index in [1.54, 1.807) is 12.1 Å². The molecule has 0 heterocycles. The van der Waals surface area contributed by atoms with Crippen molar-refractivity contribution < 1.29 is 8.78 Å². The summed E-state index contributed by atoms with van der Waals surface area (Å²) in [5.41, 5.74) is 1.31. The van der Waals surface area contributed by atoms with Crippen LogP contribution in [-0.4, -0.2) is 0 Å². The van der Waals surface area contributed by atoms with Crippen LogP contribution >= 0.6 is 0 Å². The van der Waals surface area contributed by atoms with E-state index in [0.29, 0.717) is 11.3 Å². The lowest BCUT2D eigenvalue weighted by atomic mass is 10.1. The Balaban J connectivity index is 2.15. The predicted octanol–water partition coefficient (Wildman–Crippen LogP) is 3.32. The van der Waals surface area contributed by atoms with Crippen molar-refractivity contribution >= 4 is 5.69 Å². The SMILES string of the molecule is N#Cc1cc(F)cc(CNc2ccc(F)c(C#N)c2)c1. The number of rotatable bonds is 3. The van der Waals surface area contributed by atoms with E-state index in [9.17, 15) is 8.78 Å². The first-order valence-electron chi connectivity index (χ1n) is 5.75. The summed E-state index contributed by atoms with van der Waals surface area (Å²) >= 11 is 0. The van der Waals surface area contributed by atoms with Crippen LogP contribution < -0.4 is 5.32 Å². The summed E-state index contributed by atoms with van der Waals surface area (Å²) in [6, 6.07) is 11.7. The molecule has 5 heteroatoms. The lowest BCUT2D eigenvalue weighted by molar-refractivity contribution is 0.624. The second-order valence-corrected chi connectivity index (χ2v) is 4.12. The lowest BCUT2D eigenvalue weighted by Crippen LogP contribution is -2.01. The molecule has 0 bridgehead atoms. The van der Waals surface area contributed by atoms with Gasteiger partial charge in [-0.1, -0.05) is 0 Å². The van der Waals surface area contributed by atoms with Crippen molar-refractivity contribution in [2.24, 2.45) is 0 Å². The maximum absolute atomic E-state index is 13.2. The number of nitriles is 2. The Morgan fingerprint density at radius 2 is 1.80 bits per heavy atom. The minimum Gasteiger partial charge on any atom is -0.381 e. The third kappa shape index (κ3) is 3.09. The maximum atomic E-state index is 13.2. The minimum absolute atomic E-state index is 0.0630. The zero-order valence-electron chi connectivity index (χ0n) is 10.3. The first-order valence-corrected chi connectivity index (χ1v) is 5.75. The molecule has 2 rings (SSSR count). The van der Waals surface area contributed by atoms with Gasteiger partial charge in [-0.2, -0.15) is 10.5 Å². The molecule has 0 atom stereocenters. The summed E-state index contributed by atoms with van der Waals surface area (Å²) in [5.74, 6) is -1.08. The summed E-state index contributed by atoms with van der Waals surface area (Å²) in [4.78, 5) is 0. The largest absolute Gasteiger partial charge is 0.381 e. The van der Waals surface area contributed by atoms with Gasteiger partial charge in [-0.3, -0.25) is 0 Å². The molecule has 1 N–H and O–H groups in total. The fourth-order valence-electron chi connectivity index (χ4n) is 1.74. The van der Waals surface area contributed by atoms with Crippen LogP contribution in [0, 0.1) is 34.3 Å². The fraction of sp³-hybridized carbons (Fsp3) is 0.0667. The van der Waals surface area contributed by atoms with E-state index in [4.69, 9.17) is 10.5 Å². The van der Waals surface area contributed by atoms with Crippen molar-refractivity contribution in [3.05, 3.63) is 64.7 Å². The Labute approximate surface area is 114 Å². The number of hydrogen-bond donors (Lipinski definition) is 1. The molecule has 0 fully saturated rings. The third-order valence-electron chi connectivity index (χ3n) is 2.67. The van der Waals surface area contributed by atoms with Crippen LogP contribution in [0.15, 0.2) is 36.4 Å². The number of benzene rings is 2. The van der Waals surface area contributed by atoms with Crippen molar-refractivity contribution in [3.8, 4) is 12.1 Å². The van der Waals surface area contributed by atoms with Crippen LogP contribution in [0.5, 0.6) is 0 Å². The maximum Gasteiger partial charge on any atom is 0.141 e. The first kappa shape index (κ1) is 13.5. The Bertz CT molecular complexity index is 727. The monoisotopic (exact) mass is 269 g/mol. The molecular weight excluding hydrogens is 260 g/mol. The van der Waals surface area contributed by atoms with Crippen LogP contribution in [0.3, 0.4) is 0 Å². The molecule has 0 saturated heterocycles. The highest BCUT2D eigenvalue weighted by Crippen LogP contribution is 2.16. The van der Waals surface area contributed by atoms with E-state index in [0.717, 1.165) is 6.07 Å². The summed E-state index contributed by atoms with van der Waals surface area (Å²) in [7, 11) is 0. The smallest absolute Gasteiger partial charge is 0.141 e. The third-order valence-corrected chi connectivity index (χ3v) is 2.67. The second kappa shape index (κ2) is 5.81. The van der Waals surface area contributed by atoms with Crippen molar-refractivity contribution in [2.45, 2.75) is 6.54 Å². The van der Waals surface area contributed by atoms with E-state index >= 15 is 0 Å². The molecule has 0 spiro atoms. The molecule has 20 heavy (non-hydrogen) atoms. The van der Waals surface area contributed by atoms with Crippen LogP contribution in [-0.2, 0) is 6.54 Å². The van der Waals surface area contributed by atoms with Crippen molar-refractivity contribution in [1.82, 2.24) is 0 Å². The Hall–Kier alpha value is -2.92. The molecule has 0 aromatic heterocycles. The highest BCUT2D eigenvalue weighted by Gasteiger charge is 2.04. The molecule has 2 aromatic rings. The Morgan fingerprint density at radius 1 is 1.00 bits per heavy atom. The van der Waals surface area contributed by atoms with E-state index < -0.39 is 11.6 Å². The predicted molar refractivity (Wildman–Crippen MR) is 69.6 cm³/mol. The van der Waals surface area contributed by atoms with Crippen molar-refractivity contribution in [3.63, 3.8) is 0 Å². The van der Waals surface area contributed by atoms with E-state index in [1.165, 1.54) is 24.3 Å². The number of hydrogen-bond acceptors (Lipinski definition) is 3. The number of halogens is 2. The molecule has 0 unspecified atom stereocenters. The highest BCUT2D eigenvalue weighted by molar-refractivity contribution is 5.50. The molecule has 0 aliphatic heterocycles. The van der Waals surface area contributed by atoms with Gasteiger partial charge in [0.1, 0.15) is 17.7 Å². The van der Waals surface area contributed by atoms with E-state index in [2.05, 4.69) is 5.32 Å². The van der Waals surface area contributed by atoms with Gasteiger partial charge in [-0.25, -0.2) is 8.78 Å². The zero-order chi connectivity index (χ0) is 14.5. The summed E-state index contributed by atoms with van der Waals surface area (Å²) in [5, 5.41) is 20.4. The average Bonchev–Trinajstić information content (AvgIpc) is 2.45. The quantitative estimate of drug-likeness (QED) is 0.929. The Kier molecular flexibility index (Phi) is 3.93. The number of nitrogens with one attached hydrogen (secondary N) is 1. The zero-order valence-corrected chi connectivity index (χ0v) is 10.3. The van der Waals surface area contributed by atoms with Gasteiger partial charge in [-0.05, 0) is 42.0 Å². The molecule has 0 aliphatic rings. The van der Waals surface area contributed by atoms with E-state index in [-0.39, 0.29) is 17.7 Å². The fourth-order valence-corrected chi connectivity index (χ4v) is 1.74. The molecular formula is C15H9F2N3. The summed E-state index contributed by atoms with van der Waals surface area (Å²) < 4.78 is 26.4. The highest BCUT2D eigenvalue weighted by atomic mass is 19.1. The van der Waals surface area contributed by atoms with Gasteiger partial charge < -0.3 is 5.32 Å². The van der Waals surface area contributed by atoms with Crippen LogP contribution in [0.25, 0.3) is 0 Å². The molecule has 98 valence electrons. The van der Waals surface area contributed by atoms with Crippen molar-refractivity contribution in [2.75, 3.05) is 5.32 Å². The van der Waals surface area contributed by atoms with Crippen molar-refractivity contribution in [1.29, 1.82) is 10.5 Å². The standard InChI is InChI=1S/C15H9F2N3/c16-13-4-10(7-18)3-11(5-13)9-20-14-1-2-15(17)12(6-14)8-19/h1-6,20H,9H2. The lowest BCUT2D eigenvalue weighted by Gasteiger charge is -2.07. The topological polar surface area (TPSA) is 59.6 Å². The normalized spacial score (nSPS) is 9.60. The van der Waals surface area contributed by atoms with Crippen LogP contribution in [0.1, 0.15) is 16.7 Å². The van der Waals surface area contributed by atoms with Gasteiger partial charge in [0.2, 0.25) is 0 Å².